The van der Waals surface area contributed by atoms with E-state index in [2.05, 4.69) is 62.4 Å². The van der Waals surface area contributed by atoms with Crippen LogP contribution in [-0.4, -0.2) is 20.5 Å². The quantitative estimate of drug-likeness (QED) is 0.433. The minimum atomic E-state index is -0.371. The molecule has 164 valence electrons. The zero-order valence-corrected chi connectivity index (χ0v) is 19.2. The molecule has 2 aromatic carbocycles. The number of carbonyl (C=O) groups excluding carboxylic acids is 1. The first-order chi connectivity index (χ1) is 15.1. The standard InChI is InChI=1S/C26H29N5O/c1-25(2,3)20-16-22-27-21(28-24(32)18-12-8-6-9-13-18)17-23(31(22)30-20)29-26(4,5)19-14-10-7-11-15-19/h6-17,29H,1-5H3,(H,27,28,32). The van der Waals surface area contributed by atoms with Crippen LogP contribution in [0.3, 0.4) is 0 Å². The highest BCUT2D eigenvalue weighted by Crippen LogP contribution is 2.29. The lowest BCUT2D eigenvalue weighted by molar-refractivity contribution is 0.102. The highest BCUT2D eigenvalue weighted by Gasteiger charge is 2.24. The molecule has 4 aromatic rings. The monoisotopic (exact) mass is 427 g/mol. The van der Waals surface area contributed by atoms with Gasteiger partial charge in [0.1, 0.15) is 11.6 Å². The van der Waals surface area contributed by atoms with E-state index in [4.69, 9.17) is 5.10 Å². The Morgan fingerprint density at radius 2 is 1.50 bits per heavy atom. The maximum Gasteiger partial charge on any atom is 0.256 e. The van der Waals surface area contributed by atoms with Crippen LogP contribution < -0.4 is 10.6 Å². The molecule has 0 saturated carbocycles. The van der Waals surface area contributed by atoms with Crippen molar-refractivity contribution in [3.8, 4) is 0 Å². The zero-order chi connectivity index (χ0) is 22.9. The summed E-state index contributed by atoms with van der Waals surface area (Å²) in [5.41, 5.74) is 2.82. The van der Waals surface area contributed by atoms with Gasteiger partial charge in [0.2, 0.25) is 0 Å². The van der Waals surface area contributed by atoms with Gasteiger partial charge in [-0.05, 0) is 31.5 Å². The molecule has 2 aromatic heterocycles. The van der Waals surface area contributed by atoms with Crippen LogP contribution in [0.5, 0.6) is 0 Å². The summed E-state index contributed by atoms with van der Waals surface area (Å²) < 4.78 is 1.81. The van der Waals surface area contributed by atoms with E-state index in [1.165, 1.54) is 0 Å². The zero-order valence-electron chi connectivity index (χ0n) is 19.2. The van der Waals surface area contributed by atoms with Gasteiger partial charge in [-0.3, -0.25) is 4.79 Å². The predicted molar refractivity (Wildman–Crippen MR) is 129 cm³/mol. The van der Waals surface area contributed by atoms with Crippen LogP contribution in [-0.2, 0) is 11.0 Å². The van der Waals surface area contributed by atoms with E-state index >= 15 is 0 Å². The third-order valence-electron chi connectivity index (χ3n) is 5.41. The molecule has 2 N–H and O–H groups in total. The smallest absolute Gasteiger partial charge is 0.256 e. The Bertz CT molecular complexity index is 1240. The van der Waals surface area contributed by atoms with Crippen molar-refractivity contribution < 1.29 is 4.79 Å². The number of rotatable bonds is 5. The molecule has 0 atom stereocenters. The highest BCUT2D eigenvalue weighted by molar-refractivity contribution is 6.04. The molecule has 0 fully saturated rings. The van der Waals surface area contributed by atoms with E-state index in [0.717, 1.165) is 17.1 Å². The Kier molecular flexibility index (Phi) is 5.46. The van der Waals surface area contributed by atoms with Gasteiger partial charge in [0.25, 0.3) is 5.91 Å². The summed E-state index contributed by atoms with van der Waals surface area (Å²) >= 11 is 0. The lowest BCUT2D eigenvalue weighted by atomic mass is 9.93. The maximum absolute atomic E-state index is 12.7. The number of amides is 1. The van der Waals surface area contributed by atoms with Gasteiger partial charge in [0.05, 0.1) is 11.2 Å². The topological polar surface area (TPSA) is 71.3 Å². The largest absolute Gasteiger partial charge is 0.361 e. The van der Waals surface area contributed by atoms with Gasteiger partial charge in [-0.15, -0.1) is 0 Å². The van der Waals surface area contributed by atoms with Crippen molar-refractivity contribution in [2.75, 3.05) is 10.6 Å². The summed E-state index contributed by atoms with van der Waals surface area (Å²) in [5.74, 6) is 1.02. The lowest BCUT2D eigenvalue weighted by Crippen LogP contribution is -2.29. The summed E-state index contributed by atoms with van der Waals surface area (Å²) in [6.07, 6.45) is 0. The van der Waals surface area contributed by atoms with Gasteiger partial charge < -0.3 is 10.6 Å². The molecule has 0 unspecified atom stereocenters. The van der Waals surface area contributed by atoms with Crippen LogP contribution in [0, 0.1) is 0 Å². The van der Waals surface area contributed by atoms with E-state index in [1.807, 2.05) is 53.0 Å². The minimum absolute atomic E-state index is 0.132. The number of aromatic nitrogens is 3. The van der Waals surface area contributed by atoms with Crippen molar-refractivity contribution in [1.29, 1.82) is 0 Å². The van der Waals surface area contributed by atoms with Crippen LogP contribution in [0.2, 0.25) is 0 Å². The molecule has 32 heavy (non-hydrogen) atoms. The van der Waals surface area contributed by atoms with Crippen molar-refractivity contribution in [1.82, 2.24) is 14.6 Å². The predicted octanol–water partition coefficient (Wildman–Crippen LogP) is 5.63. The number of hydrogen-bond donors (Lipinski definition) is 2. The molecule has 6 nitrogen and oxygen atoms in total. The second kappa shape index (κ2) is 8.11. The summed E-state index contributed by atoms with van der Waals surface area (Å²) in [6.45, 7) is 10.6. The Morgan fingerprint density at radius 1 is 0.875 bits per heavy atom. The maximum atomic E-state index is 12.7. The molecule has 0 aliphatic rings. The molecule has 0 bridgehead atoms. The molecule has 0 radical (unpaired) electrons. The molecule has 0 aliphatic carbocycles. The van der Waals surface area contributed by atoms with E-state index in [1.54, 1.807) is 12.1 Å². The third kappa shape index (κ3) is 4.49. The first-order valence-corrected chi connectivity index (χ1v) is 10.7. The van der Waals surface area contributed by atoms with Crippen LogP contribution in [0.15, 0.2) is 72.8 Å². The number of hydrogen-bond acceptors (Lipinski definition) is 4. The number of nitrogens with one attached hydrogen (secondary N) is 2. The molecular weight excluding hydrogens is 398 g/mol. The first-order valence-electron chi connectivity index (χ1n) is 10.7. The van der Waals surface area contributed by atoms with Gasteiger partial charge in [-0.25, -0.2) is 4.98 Å². The normalized spacial score (nSPS) is 12.0. The van der Waals surface area contributed by atoms with Gasteiger partial charge in [-0.2, -0.15) is 9.61 Å². The third-order valence-corrected chi connectivity index (χ3v) is 5.41. The number of nitrogens with zero attached hydrogens (tertiary/aromatic N) is 3. The number of fused-ring (bicyclic) bond motifs is 1. The van der Waals surface area contributed by atoms with Crippen LogP contribution in [0.25, 0.3) is 5.65 Å². The van der Waals surface area contributed by atoms with Gasteiger partial charge in [0, 0.05) is 23.1 Å². The average molecular weight is 428 g/mol. The van der Waals surface area contributed by atoms with Gasteiger partial charge in [-0.1, -0.05) is 69.3 Å². The average Bonchev–Trinajstić information content (AvgIpc) is 3.20. The number of anilines is 2. The minimum Gasteiger partial charge on any atom is -0.361 e. The van der Waals surface area contributed by atoms with E-state index in [0.29, 0.717) is 17.0 Å². The fourth-order valence-electron chi connectivity index (χ4n) is 3.52. The molecule has 6 heteroatoms. The summed E-state index contributed by atoms with van der Waals surface area (Å²) in [5, 5.41) is 11.4. The van der Waals surface area contributed by atoms with Crippen molar-refractivity contribution in [2.45, 2.75) is 45.6 Å². The van der Waals surface area contributed by atoms with Crippen molar-refractivity contribution in [2.24, 2.45) is 0 Å². The molecule has 0 aliphatic heterocycles. The fourth-order valence-corrected chi connectivity index (χ4v) is 3.52. The SMILES string of the molecule is CC(C)(C)c1cc2nc(NC(=O)c3ccccc3)cc(NC(C)(C)c3ccccc3)n2n1. The van der Waals surface area contributed by atoms with Gasteiger partial charge in [0.15, 0.2) is 5.65 Å². The first kappa shape index (κ1) is 21.6. The van der Waals surface area contributed by atoms with Gasteiger partial charge >= 0.3 is 0 Å². The summed E-state index contributed by atoms with van der Waals surface area (Å²) in [4.78, 5) is 17.4. The second-order valence-corrected chi connectivity index (χ2v) is 9.51. The van der Waals surface area contributed by atoms with Crippen molar-refractivity contribution >= 4 is 23.2 Å². The highest BCUT2D eigenvalue weighted by atomic mass is 16.1. The van der Waals surface area contributed by atoms with E-state index in [9.17, 15) is 4.79 Å². The van der Waals surface area contributed by atoms with E-state index in [-0.39, 0.29) is 16.9 Å². The Labute approximate surface area is 188 Å². The fraction of sp³-hybridized carbons (Fsp3) is 0.269. The Morgan fingerprint density at radius 3 is 2.12 bits per heavy atom. The van der Waals surface area contributed by atoms with Crippen molar-refractivity contribution in [3.05, 3.63) is 89.6 Å². The summed E-state index contributed by atoms with van der Waals surface area (Å²) in [7, 11) is 0. The molecular formula is C26H29N5O. The lowest BCUT2D eigenvalue weighted by Gasteiger charge is -2.28. The molecule has 4 rings (SSSR count). The Balaban J connectivity index is 1.77. The molecule has 2 heterocycles. The van der Waals surface area contributed by atoms with Crippen molar-refractivity contribution in [3.63, 3.8) is 0 Å². The number of carbonyl (C=O) groups is 1. The van der Waals surface area contributed by atoms with E-state index < -0.39 is 0 Å². The molecule has 1 amide bonds. The van der Waals surface area contributed by atoms with Crippen LogP contribution in [0.1, 0.15) is 56.2 Å². The summed E-state index contributed by atoms with van der Waals surface area (Å²) in [6, 6.07) is 23.2. The molecule has 0 saturated heterocycles. The van der Waals surface area contributed by atoms with Crippen LogP contribution >= 0.6 is 0 Å². The Hall–Kier alpha value is -3.67. The second-order valence-electron chi connectivity index (χ2n) is 9.51. The number of benzene rings is 2. The van der Waals surface area contributed by atoms with Crippen LogP contribution in [0.4, 0.5) is 11.6 Å². The molecule has 0 spiro atoms.